The van der Waals surface area contributed by atoms with Crippen LogP contribution in [0.25, 0.3) is 0 Å². The first-order chi connectivity index (χ1) is 19.2. The third-order valence-corrected chi connectivity index (χ3v) is 9.98. The molecule has 0 aliphatic carbocycles. The lowest BCUT2D eigenvalue weighted by atomic mass is 9.76. The van der Waals surface area contributed by atoms with Crippen LogP contribution < -0.4 is 11.1 Å². The van der Waals surface area contributed by atoms with Gasteiger partial charge in [0.15, 0.2) is 11.3 Å². The van der Waals surface area contributed by atoms with Crippen molar-refractivity contribution < 1.29 is 40.7 Å². The maximum absolute atomic E-state index is 14.2. The number of hydrogen-bond donors (Lipinski definition) is 2. The molecular weight excluding hydrogens is 565 g/mol. The maximum Gasteiger partial charge on any atom is 0.471 e. The predicted octanol–water partition coefficient (Wildman–Crippen LogP) is 1.67. The molecular formula is C27H35F3N4O6S. The Hall–Kier alpha value is -2.81. The highest BCUT2D eigenvalue weighted by Gasteiger charge is 2.59. The molecule has 3 aliphatic rings. The molecule has 0 radical (unpaired) electrons. The Kier molecular flexibility index (Phi) is 8.98. The second kappa shape index (κ2) is 11.8. The van der Waals surface area contributed by atoms with E-state index in [-0.39, 0.29) is 48.7 Å². The molecule has 1 amide bonds. The standard InChI is InChI=1S/C27H35F3N4O6S/c1-17-7-11-34(26(14-17,25(37)40-2)23(35)22(31)12-18-4-3-9-32-15-18)41(38,39)21-6-5-19-8-10-33(16-20(19)13-21)24(36)27(28,29)30/h4-6,13,17,22,32H,3,7-12,14-16,31H2,1-2H3/t17-,22?,26-/m0/s1. The second-order valence-electron chi connectivity index (χ2n) is 10.9. The van der Waals surface area contributed by atoms with Gasteiger partial charge >= 0.3 is 18.1 Å². The highest BCUT2D eigenvalue weighted by Crippen LogP contribution is 2.40. The third kappa shape index (κ3) is 6.06. The number of sulfonamides is 1. The van der Waals surface area contributed by atoms with Crippen molar-refractivity contribution in [3.8, 4) is 0 Å². The molecule has 1 fully saturated rings. The summed E-state index contributed by atoms with van der Waals surface area (Å²) in [4.78, 5) is 39.6. The van der Waals surface area contributed by atoms with Crippen LogP contribution >= 0.6 is 0 Å². The van der Waals surface area contributed by atoms with Gasteiger partial charge in [0, 0.05) is 26.2 Å². The van der Waals surface area contributed by atoms with E-state index in [1.54, 1.807) is 6.92 Å². The number of rotatable bonds is 7. The van der Waals surface area contributed by atoms with Crippen molar-refractivity contribution in [1.82, 2.24) is 14.5 Å². The lowest BCUT2D eigenvalue weighted by Gasteiger charge is -2.45. The molecule has 0 saturated carbocycles. The highest BCUT2D eigenvalue weighted by molar-refractivity contribution is 7.89. The average Bonchev–Trinajstić information content (AvgIpc) is 2.94. The molecule has 1 aromatic carbocycles. The number of ether oxygens (including phenoxy) is 1. The molecule has 0 aromatic heterocycles. The fourth-order valence-corrected chi connectivity index (χ4v) is 7.73. The number of nitrogens with two attached hydrogens (primary N) is 1. The van der Waals surface area contributed by atoms with Gasteiger partial charge in [-0.15, -0.1) is 0 Å². The number of hydrogen-bond acceptors (Lipinski definition) is 8. The molecule has 1 unspecified atom stereocenters. The smallest absolute Gasteiger partial charge is 0.467 e. The number of nitrogens with one attached hydrogen (secondary N) is 1. The zero-order valence-corrected chi connectivity index (χ0v) is 23.8. The quantitative estimate of drug-likeness (QED) is 0.274. The summed E-state index contributed by atoms with van der Waals surface area (Å²) < 4.78 is 73.3. The van der Waals surface area contributed by atoms with E-state index in [2.05, 4.69) is 5.32 Å². The number of methoxy groups -OCH3 is 1. The molecule has 14 heteroatoms. The number of Topliss-reactive ketones (excluding diaryl/α,β-unsaturated/α-hetero) is 1. The van der Waals surface area contributed by atoms with Gasteiger partial charge in [-0.25, -0.2) is 13.2 Å². The summed E-state index contributed by atoms with van der Waals surface area (Å²) in [6.07, 6.45) is -1.88. The van der Waals surface area contributed by atoms with E-state index in [9.17, 15) is 36.0 Å². The van der Waals surface area contributed by atoms with Gasteiger partial charge < -0.3 is 20.7 Å². The van der Waals surface area contributed by atoms with Gasteiger partial charge in [0.2, 0.25) is 10.0 Å². The number of piperidine rings is 1. The number of carbonyl (C=O) groups is 3. The Morgan fingerprint density at radius 1 is 1.22 bits per heavy atom. The SMILES string of the molecule is COC(=O)[C@@]1(C(=O)C(N)CC2=CCCNC2)C[C@@H](C)CCN1S(=O)(=O)c1ccc2c(c1)CN(C(=O)C(F)(F)F)CC2. The summed E-state index contributed by atoms with van der Waals surface area (Å²) >= 11 is 0. The molecule has 4 rings (SSSR count). The van der Waals surface area contributed by atoms with E-state index in [0.29, 0.717) is 23.4 Å². The molecule has 0 spiro atoms. The van der Waals surface area contributed by atoms with Crippen LogP contribution in [0.2, 0.25) is 0 Å². The van der Waals surface area contributed by atoms with E-state index < -0.39 is 52.0 Å². The Balaban J connectivity index is 1.72. The predicted molar refractivity (Wildman–Crippen MR) is 142 cm³/mol. The molecule has 226 valence electrons. The second-order valence-corrected chi connectivity index (χ2v) is 12.8. The van der Waals surface area contributed by atoms with Crippen molar-refractivity contribution in [2.45, 2.75) is 68.2 Å². The van der Waals surface area contributed by atoms with Gasteiger partial charge in [-0.05, 0) is 67.8 Å². The molecule has 41 heavy (non-hydrogen) atoms. The Labute approximate surface area is 237 Å². The molecule has 3 aliphatic heterocycles. The summed E-state index contributed by atoms with van der Waals surface area (Å²) in [7, 11) is -3.48. The van der Waals surface area contributed by atoms with Crippen LogP contribution in [-0.4, -0.2) is 86.3 Å². The van der Waals surface area contributed by atoms with Gasteiger partial charge in [0.25, 0.3) is 0 Å². The summed E-state index contributed by atoms with van der Waals surface area (Å²) in [6.45, 7) is 2.35. The highest BCUT2D eigenvalue weighted by atomic mass is 32.2. The Morgan fingerprint density at radius 2 is 1.95 bits per heavy atom. The number of carbonyl (C=O) groups excluding carboxylic acids is 3. The van der Waals surface area contributed by atoms with Crippen LogP contribution in [0.3, 0.4) is 0 Å². The summed E-state index contributed by atoms with van der Waals surface area (Å²) in [6, 6.07) is 2.82. The number of fused-ring (bicyclic) bond motifs is 1. The monoisotopic (exact) mass is 600 g/mol. The van der Waals surface area contributed by atoms with Gasteiger partial charge in [0.05, 0.1) is 18.0 Å². The van der Waals surface area contributed by atoms with E-state index in [1.807, 2.05) is 6.08 Å². The molecule has 3 heterocycles. The molecule has 3 N–H and O–H groups in total. The first kappa shape index (κ1) is 31.1. The van der Waals surface area contributed by atoms with Crippen molar-refractivity contribution in [1.29, 1.82) is 0 Å². The number of halogens is 3. The fourth-order valence-electron chi connectivity index (χ4n) is 5.95. The minimum absolute atomic E-state index is 0.114. The van der Waals surface area contributed by atoms with Crippen LogP contribution in [0.15, 0.2) is 34.7 Å². The van der Waals surface area contributed by atoms with E-state index >= 15 is 0 Å². The van der Waals surface area contributed by atoms with Crippen LogP contribution in [0.1, 0.15) is 43.7 Å². The Bertz CT molecular complexity index is 1350. The molecule has 10 nitrogen and oxygen atoms in total. The maximum atomic E-state index is 14.2. The minimum atomic E-state index is -5.06. The molecule has 1 saturated heterocycles. The average molecular weight is 601 g/mol. The van der Waals surface area contributed by atoms with Gasteiger partial charge in [-0.1, -0.05) is 24.6 Å². The topological polar surface area (TPSA) is 139 Å². The number of alkyl halides is 3. The number of amides is 1. The van der Waals surface area contributed by atoms with Crippen LogP contribution in [0, 0.1) is 5.92 Å². The van der Waals surface area contributed by atoms with Crippen LogP contribution in [0.5, 0.6) is 0 Å². The van der Waals surface area contributed by atoms with Crippen molar-refractivity contribution in [2.75, 3.05) is 33.3 Å². The van der Waals surface area contributed by atoms with Crippen LogP contribution in [-0.2, 0) is 42.1 Å². The number of nitrogens with zero attached hydrogens (tertiary/aromatic N) is 2. The third-order valence-electron chi connectivity index (χ3n) is 8.06. The van der Waals surface area contributed by atoms with Crippen molar-refractivity contribution in [3.63, 3.8) is 0 Å². The summed E-state index contributed by atoms with van der Waals surface area (Å²) in [5, 5.41) is 3.19. The first-order valence-electron chi connectivity index (χ1n) is 13.5. The zero-order chi connectivity index (χ0) is 30.2. The van der Waals surface area contributed by atoms with Crippen molar-refractivity contribution >= 4 is 27.7 Å². The number of ketones is 1. The minimum Gasteiger partial charge on any atom is -0.467 e. The number of esters is 1. The lowest BCUT2D eigenvalue weighted by molar-refractivity contribution is -0.186. The molecule has 0 bridgehead atoms. The van der Waals surface area contributed by atoms with Gasteiger partial charge in [0.1, 0.15) is 0 Å². The molecule has 3 atom stereocenters. The Morgan fingerprint density at radius 3 is 2.59 bits per heavy atom. The van der Waals surface area contributed by atoms with Crippen LogP contribution in [0.4, 0.5) is 13.2 Å². The summed E-state index contributed by atoms with van der Waals surface area (Å²) in [5.74, 6) is -4.03. The number of benzene rings is 1. The fraction of sp³-hybridized carbons (Fsp3) is 0.593. The van der Waals surface area contributed by atoms with Gasteiger partial charge in [-0.3, -0.25) is 9.59 Å². The van der Waals surface area contributed by atoms with E-state index in [4.69, 9.17) is 10.5 Å². The lowest BCUT2D eigenvalue weighted by Crippen LogP contribution is -2.68. The van der Waals surface area contributed by atoms with Crippen molar-refractivity contribution in [2.24, 2.45) is 11.7 Å². The van der Waals surface area contributed by atoms with E-state index in [0.717, 1.165) is 30.0 Å². The van der Waals surface area contributed by atoms with Crippen molar-refractivity contribution in [3.05, 3.63) is 41.0 Å². The largest absolute Gasteiger partial charge is 0.471 e. The molecule has 1 aromatic rings. The normalized spacial score (nSPS) is 24.7. The van der Waals surface area contributed by atoms with E-state index in [1.165, 1.54) is 18.2 Å². The van der Waals surface area contributed by atoms with Gasteiger partial charge in [-0.2, -0.15) is 17.5 Å². The first-order valence-corrected chi connectivity index (χ1v) is 14.9. The summed E-state index contributed by atoms with van der Waals surface area (Å²) in [5.41, 5.74) is 5.84. The zero-order valence-electron chi connectivity index (χ0n) is 23.0.